The molecule has 2 aromatic rings. The largest absolute Gasteiger partial charge is 0.359 e. The zero-order valence-corrected chi connectivity index (χ0v) is 12.6. The second kappa shape index (κ2) is 6.25. The summed E-state index contributed by atoms with van der Waals surface area (Å²) in [5, 5.41) is 14.1. The molecule has 1 unspecified atom stereocenters. The molecule has 0 spiro atoms. The first-order valence-corrected chi connectivity index (χ1v) is 8.05. The van der Waals surface area contributed by atoms with E-state index in [1.54, 1.807) is 6.20 Å². The van der Waals surface area contributed by atoms with E-state index in [9.17, 15) is 14.3 Å². The Hall–Kier alpha value is -1.58. The third kappa shape index (κ3) is 3.50. The minimum atomic E-state index is -1.31. The molecule has 0 saturated carbocycles. The van der Waals surface area contributed by atoms with Gasteiger partial charge in [0.25, 0.3) is 0 Å². The number of hydrogen-bond donors (Lipinski definition) is 1. The normalized spacial score (nSPS) is 12.1. The van der Waals surface area contributed by atoms with Gasteiger partial charge in [0.05, 0.1) is 22.3 Å². The summed E-state index contributed by atoms with van der Waals surface area (Å²) >= 11 is 6.97. The van der Waals surface area contributed by atoms with Crippen LogP contribution < -0.4 is 5.32 Å². The Balaban J connectivity index is 2.25. The van der Waals surface area contributed by atoms with Crippen LogP contribution in [0, 0.1) is 10.1 Å². The summed E-state index contributed by atoms with van der Waals surface area (Å²) in [6.07, 6.45) is 3.04. The number of nitrogens with one attached hydrogen (secondary N) is 1. The standard InChI is InChI=1S/C10H9ClN4O3S2/c1-20(18)8-3-2-7(15(16)17)9(14-8)12-4-6-5-13-10(11)19-6/h2-3,5H,4H2,1H3,(H,12,14). The van der Waals surface area contributed by atoms with Crippen LogP contribution in [0.5, 0.6) is 0 Å². The SMILES string of the molecule is CS(=O)c1ccc([N+](=O)[O-])c(NCc2cnc(Cl)s2)n1. The predicted octanol–water partition coefficient (Wildman–Crippen LogP) is 2.45. The zero-order chi connectivity index (χ0) is 14.7. The smallest absolute Gasteiger partial charge is 0.311 e. The van der Waals surface area contributed by atoms with Crippen LogP contribution in [0.2, 0.25) is 4.47 Å². The highest BCUT2D eigenvalue weighted by atomic mass is 35.5. The topological polar surface area (TPSA) is 98.0 Å². The maximum Gasteiger partial charge on any atom is 0.311 e. The summed E-state index contributed by atoms with van der Waals surface area (Å²) in [4.78, 5) is 19.1. The molecule has 0 bridgehead atoms. The Labute approximate surface area is 125 Å². The van der Waals surface area contributed by atoms with Crippen LogP contribution in [0.25, 0.3) is 0 Å². The van der Waals surface area contributed by atoms with Gasteiger partial charge in [-0.15, -0.1) is 11.3 Å². The molecule has 0 fully saturated rings. The van der Waals surface area contributed by atoms with Gasteiger partial charge in [0.1, 0.15) is 5.03 Å². The van der Waals surface area contributed by atoms with Crippen molar-refractivity contribution in [2.75, 3.05) is 11.6 Å². The highest BCUT2D eigenvalue weighted by Crippen LogP contribution is 2.25. The van der Waals surface area contributed by atoms with Crippen molar-refractivity contribution in [1.29, 1.82) is 0 Å². The Morgan fingerprint density at radius 1 is 1.55 bits per heavy atom. The van der Waals surface area contributed by atoms with Crippen LogP contribution >= 0.6 is 22.9 Å². The van der Waals surface area contributed by atoms with Gasteiger partial charge in [0.2, 0.25) is 5.82 Å². The second-order valence-electron chi connectivity index (χ2n) is 3.66. The Kier molecular flexibility index (Phi) is 4.63. The number of pyridine rings is 1. The minimum absolute atomic E-state index is 0.0761. The molecule has 10 heteroatoms. The fraction of sp³-hybridized carbons (Fsp3) is 0.200. The summed E-state index contributed by atoms with van der Waals surface area (Å²) in [6.45, 7) is 0.304. The molecular weight excluding hydrogens is 324 g/mol. The molecule has 2 aromatic heterocycles. The maximum absolute atomic E-state index is 11.4. The van der Waals surface area contributed by atoms with Crippen molar-refractivity contribution in [3.8, 4) is 0 Å². The summed E-state index contributed by atoms with van der Waals surface area (Å²) in [6, 6.07) is 2.66. The summed E-state index contributed by atoms with van der Waals surface area (Å²) in [5.74, 6) is 0.0761. The van der Waals surface area contributed by atoms with Crippen LogP contribution in [0.4, 0.5) is 11.5 Å². The molecule has 0 amide bonds. The average Bonchev–Trinajstić information content (AvgIpc) is 2.81. The van der Waals surface area contributed by atoms with Gasteiger partial charge in [-0.1, -0.05) is 11.6 Å². The molecule has 106 valence electrons. The molecule has 0 radical (unpaired) electrons. The van der Waals surface area contributed by atoms with Gasteiger partial charge in [-0.25, -0.2) is 9.97 Å². The molecule has 7 nitrogen and oxygen atoms in total. The van der Waals surface area contributed by atoms with E-state index < -0.39 is 15.7 Å². The quantitative estimate of drug-likeness (QED) is 0.667. The number of halogens is 1. The van der Waals surface area contributed by atoms with Crippen molar-refractivity contribution in [3.63, 3.8) is 0 Å². The number of aromatic nitrogens is 2. The van der Waals surface area contributed by atoms with E-state index in [1.807, 2.05) is 0 Å². The maximum atomic E-state index is 11.4. The Morgan fingerprint density at radius 3 is 2.85 bits per heavy atom. The van der Waals surface area contributed by atoms with Crippen LogP contribution in [0.3, 0.4) is 0 Å². The van der Waals surface area contributed by atoms with Crippen molar-refractivity contribution < 1.29 is 9.13 Å². The molecule has 0 aliphatic carbocycles. The minimum Gasteiger partial charge on any atom is -0.359 e. The average molecular weight is 333 g/mol. The Bertz CT molecular complexity index is 676. The van der Waals surface area contributed by atoms with Crippen molar-refractivity contribution >= 4 is 45.2 Å². The molecular formula is C10H9ClN4O3S2. The van der Waals surface area contributed by atoms with E-state index in [4.69, 9.17) is 11.6 Å². The fourth-order valence-corrected chi connectivity index (χ4v) is 2.80. The summed E-state index contributed by atoms with van der Waals surface area (Å²) < 4.78 is 11.8. The lowest BCUT2D eigenvalue weighted by molar-refractivity contribution is -0.384. The highest BCUT2D eigenvalue weighted by molar-refractivity contribution is 7.84. The van der Waals surface area contributed by atoms with Crippen molar-refractivity contribution in [3.05, 3.63) is 37.8 Å². The van der Waals surface area contributed by atoms with Crippen LogP contribution in [-0.2, 0) is 17.3 Å². The van der Waals surface area contributed by atoms with Crippen LogP contribution in [0.15, 0.2) is 23.4 Å². The van der Waals surface area contributed by atoms with Gasteiger partial charge in [0.15, 0.2) is 4.47 Å². The van der Waals surface area contributed by atoms with E-state index in [1.165, 1.54) is 29.7 Å². The lowest BCUT2D eigenvalue weighted by Crippen LogP contribution is -2.06. The van der Waals surface area contributed by atoms with E-state index in [0.717, 1.165) is 4.88 Å². The number of rotatable bonds is 5. The number of nitrogens with zero attached hydrogens (tertiary/aromatic N) is 3. The first-order valence-electron chi connectivity index (χ1n) is 5.30. The second-order valence-corrected chi connectivity index (χ2v) is 6.69. The van der Waals surface area contributed by atoms with Crippen molar-refractivity contribution in [2.45, 2.75) is 11.6 Å². The van der Waals surface area contributed by atoms with Gasteiger partial charge in [-0.05, 0) is 6.07 Å². The molecule has 1 atom stereocenters. The zero-order valence-electron chi connectivity index (χ0n) is 10.2. The number of hydrogen-bond acceptors (Lipinski definition) is 7. The molecule has 0 aliphatic heterocycles. The van der Waals surface area contributed by atoms with Crippen molar-refractivity contribution in [1.82, 2.24) is 9.97 Å². The van der Waals surface area contributed by atoms with Gasteiger partial charge in [0, 0.05) is 23.4 Å². The lowest BCUT2D eigenvalue weighted by Gasteiger charge is -2.06. The molecule has 1 N–H and O–H groups in total. The molecule has 0 aliphatic rings. The molecule has 2 rings (SSSR count). The lowest BCUT2D eigenvalue weighted by atomic mass is 10.4. The fourth-order valence-electron chi connectivity index (χ4n) is 1.41. The third-order valence-corrected chi connectivity index (χ3v) is 4.23. The summed E-state index contributed by atoms with van der Waals surface area (Å²) in [7, 11) is -1.31. The molecule has 0 aromatic carbocycles. The number of thiazole rings is 1. The van der Waals surface area contributed by atoms with Gasteiger partial charge in [-0.3, -0.25) is 14.3 Å². The van der Waals surface area contributed by atoms with Crippen molar-refractivity contribution in [2.24, 2.45) is 0 Å². The van der Waals surface area contributed by atoms with Gasteiger partial charge < -0.3 is 5.32 Å². The Morgan fingerprint density at radius 2 is 2.30 bits per heavy atom. The van der Waals surface area contributed by atoms with E-state index in [2.05, 4.69) is 15.3 Å². The van der Waals surface area contributed by atoms with Crippen LogP contribution in [0.1, 0.15) is 4.88 Å². The first-order chi connectivity index (χ1) is 9.47. The van der Waals surface area contributed by atoms with E-state index in [0.29, 0.717) is 11.0 Å². The molecule has 0 saturated heterocycles. The van der Waals surface area contributed by atoms with Gasteiger partial charge in [-0.2, -0.15) is 0 Å². The summed E-state index contributed by atoms with van der Waals surface area (Å²) in [5.41, 5.74) is -0.171. The van der Waals surface area contributed by atoms with E-state index >= 15 is 0 Å². The molecule has 20 heavy (non-hydrogen) atoms. The van der Waals surface area contributed by atoms with Crippen LogP contribution in [-0.4, -0.2) is 25.4 Å². The van der Waals surface area contributed by atoms with Gasteiger partial charge >= 0.3 is 5.69 Å². The highest BCUT2D eigenvalue weighted by Gasteiger charge is 2.17. The van der Waals surface area contributed by atoms with E-state index in [-0.39, 0.29) is 16.5 Å². The third-order valence-electron chi connectivity index (χ3n) is 2.30. The molecule has 2 heterocycles. The first kappa shape index (κ1) is 14.8. The number of nitro groups is 1. The number of anilines is 1. The predicted molar refractivity (Wildman–Crippen MR) is 77.7 cm³/mol. The monoisotopic (exact) mass is 332 g/mol.